The summed E-state index contributed by atoms with van der Waals surface area (Å²) in [6.07, 6.45) is -1.96. The highest BCUT2D eigenvalue weighted by Gasteiger charge is 2.53. The maximum absolute atomic E-state index is 11.7. The number of ether oxygens (including phenoxy) is 1. The van der Waals surface area contributed by atoms with Crippen LogP contribution in [0.5, 0.6) is 0 Å². The predicted molar refractivity (Wildman–Crippen MR) is 63.5 cm³/mol. The molecule has 0 bridgehead atoms. The summed E-state index contributed by atoms with van der Waals surface area (Å²) in [5.74, 6) is 0. The number of H-pyrrole nitrogens is 1. The summed E-state index contributed by atoms with van der Waals surface area (Å²) in [4.78, 5) is 14.1. The molecule has 0 aliphatic carbocycles. The van der Waals surface area contributed by atoms with Crippen LogP contribution in [0, 0.1) is 4.64 Å². The summed E-state index contributed by atoms with van der Waals surface area (Å²) in [5.41, 5.74) is -2.24. The van der Waals surface area contributed by atoms with Gasteiger partial charge in [-0.3, -0.25) is 9.55 Å². The van der Waals surface area contributed by atoms with Crippen molar-refractivity contribution < 1.29 is 20.1 Å². The number of nitrogens with zero attached hydrogens (tertiary/aromatic N) is 1. The zero-order valence-electron chi connectivity index (χ0n) is 9.61. The van der Waals surface area contributed by atoms with Crippen molar-refractivity contribution in [1.82, 2.24) is 9.55 Å². The lowest BCUT2D eigenvalue weighted by Gasteiger charge is -2.27. The van der Waals surface area contributed by atoms with Crippen molar-refractivity contribution in [2.24, 2.45) is 0 Å². The van der Waals surface area contributed by atoms with Gasteiger partial charge in [0.15, 0.2) is 6.23 Å². The van der Waals surface area contributed by atoms with E-state index < -0.39 is 36.3 Å². The molecule has 1 aromatic heterocycles. The first-order chi connectivity index (χ1) is 8.37. The molecule has 1 unspecified atom stereocenters. The predicted octanol–water partition coefficient (Wildman–Crippen LogP) is -1.09. The van der Waals surface area contributed by atoms with Gasteiger partial charge in [0.25, 0.3) is 0 Å². The molecule has 4 N–H and O–H groups in total. The average Bonchev–Trinajstić information content (AvgIpc) is 2.52. The molecule has 18 heavy (non-hydrogen) atoms. The average molecular weight is 274 g/mol. The highest BCUT2D eigenvalue weighted by Crippen LogP contribution is 2.37. The molecule has 1 saturated heterocycles. The molecule has 100 valence electrons. The van der Waals surface area contributed by atoms with E-state index >= 15 is 0 Å². The van der Waals surface area contributed by atoms with Gasteiger partial charge in [-0.2, -0.15) is 0 Å². The van der Waals surface area contributed by atoms with Crippen LogP contribution >= 0.6 is 12.2 Å². The van der Waals surface area contributed by atoms with Crippen molar-refractivity contribution >= 4 is 12.2 Å². The van der Waals surface area contributed by atoms with E-state index in [2.05, 4.69) is 4.98 Å². The molecule has 8 heteroatoms. The third-order valence-corrected chi connectivity index (χ3v) is 3.28. The molecule has 0 saturated carbocycles. The summed E-state index contributed by atoms with van der Waals surface area (Å²) in [7, 11) is 0. The SMILES string of the molecule is C[C@@]1(O)C(O)[C@@H](CO)O[C@H]1n1ccc(=S)[nH]c1=O. The minimum absolute atomic E-state index is 0.258. The van der Waals surface area contributed by atoms with Crippen molar-refractivity contribution in [2.75, 3.05) is 6.61 Å². The van der Waals surface area contributed by atoms with Gasteiger partial charge in [-0.05, 0) is 13.0 Å². The van der Waals surface area contributed by atoms with Crippen LogP contribution in [-0.4, -0.2) is 49.3 Å². The molecule has 0 amide bonds. The Balaban J connectivity index is 2.45. The second-order valence-corrected chi connectivity index (χ2v) is 4.84. The molecule has 0 radical (unpaired) electrons. The molecule has 0 aromatic carbocycles. The lowest BCUT2D eigenvalue weighted by molar-refractivity contribution is -0.0987. The molecule has 1 aliphatic rings. The number of hydrogen-bond acceptors (Lipinski definition) is 6. The Morgan fingerprint density at radius 3 is 2.83 bits per heavy atom. The standard InChI is InChI=1S/C10H14N2O5S/c1-10(16)7(14)5(4-13)17-8(10)12-3-2-6(18)11-9(12)15/h2-3,5,7-8,13-14,16H,4H2,1H3,(H,11,15,18)/t5-,7?,8-,10-/m1/s1. The zero-order valence-corrected chi connectivity index (χ0v) is 10.4. The summed E-state index contributed by atoms with van der Waals surface area (Å²) >= 11 is 4.80. The molecule has 2 rings (SSSR count). The van der Waals surface area contributed by atoms with Crippen LogP contribution in [0.1, 0.15) is 13.2 Å². The van der Waals surface area contributed by atoms with Gasteiger partial charge in [-0.1, -0.05) is 12.2 Å². The van der Waals surface area contributed by atoms with Gasteiger partial charge in [-0.15, -0.1) is 0 Å². The second kappa shape index (κ2) is 4.56. The van der Waals surface area contributed by atoms with E-state index in [-0.39, 0.29) is 4.64 Å². The molecule has 7 nitrogen and oxygen atoms in total. The van der Waals surface area contributed by atoms with E-state index in [9.17, 15) is 15.0 Å². The summed E-state index contributed by atoms with van der Waals surface area (Å²) in [6, 6.07) is 1.47. The molecule has 0 spiro atoms. The minimum atomic E-state index is -1.69. The Morgan fingerprint density at radius 1 is 1.67 bits per heavy atom. The van der Waals surface area contributed by atoms with E-state index in [0.717, 1.165) is 4.57 Å². The van der Waals surface area contributed by atoms with Gasteiger partial charge < -0.3 is 20.1 Å². The summed E-state index contributed by atoms with van der Waals surface area (Å²) in [6.45, 7) is 0.886. The molecule has 1 aromatic rings. The van der Waals surface area contributed by atoms with Crippen LogP contribution in [-0.2, 0) is 4.74 Å². The number of rotatable bonds is 2. The first-order valence-corrected chi connectivity index (χ1v) is 5.77. The molecule has 1 fully saturated rings. The van der Waals surface area contributed by atoms with Crippen LogP contribution < -0.4 is 5.69 Å². The second-order valence-electron chi connectivity index (χ2n) is 4.40. The highest BCUT2D eigenvalue weighted by molar-refractivity contribution is 7.71. The van der Waals surface area contributed by atoms with Crippen LogP contribution in [0.25, 0.3) is 0 Å². The van der Waals surface area contributed by atoms with Gasteiger partial charge >= 0.3 is 5.69 Å². The number of aromatic nitrogens is 2. The van der Waals surface area contributed by atoms with Crippen LogP contribution in [0.2, 0.25) is 0 Å². The third kappa shape index (κ3) is 2.02. The molecule has 1 aliphatic heterocycles. The van der Waals surface area contributed by atoms with Crippen molar-refractivity contribution in [1.29, 1.82) is 0 Å². The van der Waals surface area contributed by atoms with Crippen LogP contribution in [0.3, 0.4) is 0 Å². The molecular formula is C10H14N2O5S. The lowest BCUT2D eigenvalue weighted by Crippen LogP contribution is -2.46. The fourth-order valence-corrected chi connectivity index (χ4v) is 2.15. The Hall–Kier alpha value is -1.06. The van der Waals surface area contributed by atoms with Gasteiger partial charge in [-0.25, -0.2) is 4.79 Å². The largest absolute Gasteiger partial charge is 0.394 e. The van der Waals surface area contributed by atoms with Gasteiger partial charge in [0.2, 0.25) is 0 Å². The fraction of sp³-hybridized carbons (Fsp3) is 0.600. The van der Waals surface area contributed by atoms with E-state index in [1.54, 1.807) is 0 Å². The zero-order chi connectivity index (χ0) is 13.5. The summed E-state index contributed by atoms with van der Waals surface area (Å²) in [5, 5.41) is 29.0. The third-order valence-electron chi connectivity index (χ3n) is 3.04. The number of nitrogens with one attached hydrogen (secondary N) is 1. The van der Waals surface area contributed by atoms with Crippen molar-refractivity contribution in [3.05, 3.63) is 27.4 Å². The molecule has 4 atom stereocenters. The number of aliphatic hydroxyl groups is 3. The minimum Gasteiger partial charge on any atom is -0.394 e. The Morgan fingerprint density at radius 2 is 2.33 bits per heavy atom. The Kier molecular flexibility index (Phi) is 3.39. The Bertz CT molecular complexity index is 552. The highest BCUT2D eigenvalue weighted by atomic mass is 32.1. The fourth-order valence-electron chi connectivity index (χ4n) is 2.00. The van der Waals surface area contributed by atoms with Gasteiger partial charge in [0.05, 0.1) is 6.61 Å². The van der Waals surface area contributed by atoms with Gasteiger partial charge in [0.1, 0.15) is 22.4 Å². The van der Waals surface area contributed by atoms with Crippen molar-refractivity contribution in [3.8, 4) is 0 Å². The first kappa shape index (κ1) is 13.4. The van der Waals surface area contributed by atoms with E-state index in [1.807, 2.05) is 0 Å². The van der Waals surface area contributed by atoms with Crippen LogP contribution in [0.4, 0.5) is 0 Å². The first-order valence-electron chi connectivity index (χ1n) is 5.36. The van der Waals surface area contributed by atoms with E-state index in [4.69, 9.17) is 22.1 Å². The number of hydrogen-bond donors (Lipinski definition) is 4. The maximum atomic E-state index is 11.7. The van der Waals surface area contributed by atoms with E-state index in [1.165, 1.54) is 19.2 Å². The molecule has 2 heterocycles. The monoisotopic (exact) mass is 274 g/mol. The normalized spacial score (nSPS) is 35.9. The van der Waals surface area contributed by atoms with Gasteiger partial charge in [0, 0.05) is 6.20 Å². The van der Waals surface area contributed by atoms with Crippen molar-refractivity contribution in [2.45, 2.75) is 31.0 Å². The van der Waals surface area contributed by atoms with Crippen molar-refractivity contribution in [3.63, 3.8) is 0 Å². The quantitative estimate of drug-likeness (QED) is 0.510. The smallest absolute Gasteiger partial charge is 0.328 e. The molecular weight excluding hydrogens is 260 g/mol. The Labute approximate surface area is 107 Å². The lowest BCUT2D eigenvalue weighted by atomic mass is 9.96. The number of aliphatic hydroxyl groups excluding tert-OH is 2. The van der Waals surface area contributed by atoms with E-state index in [0.29, 0.717) is 0 Å². The summed E-state index contributed by atoms with van der Waals surface area (Å²) < 4.78 is 6.65. The topological polar surface area (TPSA) is 108 Å². The maximum Gasteiger partial charge on any atom is 0.328 e. The number of aromatic amines is 1. The van der Waals surface area contributed by atoms with Crippen LogP contribution in [0.15, 0.2) is 17.1 Å².